The van der Waals surface area contributed by atoms with Gasteiger partial charge in [0.05, 0.1) is 11.4 Å². The summed E-state index contributed by atoms with van der Waals surface area (Å²) >= 11 is 2.42. The van der Waals surface area contributed by atoms with Gasteiger partial charge in [0.2, 0.25) is 19.3 Å². The summed E-state index contributed by atoms with van der Waals surface area (Å²) in [4.78, 5) is 8.58. The molecule has 0 aliphatic rings. The Kier molecular flexibility index (Phi) is 5.17. The number of pyridine rings is 1. The molecule has 3 heterocycles. The minimum Gasteiger partial charge on any atom is -0.360 e. The van der Waals surface area contributed by atoms with Gasteiger partial charge in [-0.1, -0.05) is 24.3 Å². The molecule has 0 radical (unpaired) electrons. The number of hydrogen-bond donors (Lipinski definition) is 1. The molecule has 0 aromatic carbocycles. The third-order valence-electron chi connectivity index (χ3n) is 2.97. The van der Waals surface area contributed by atoms with E-state index in [1.165, 1.54) is 11.3 Å². The van der Waals surface area contributed by atoms with E-state index < -0.39 is 9.84 Å². The van der Waals surface area contributed by atoms with Crippen LogP contribution in [0.15, 0.2) is 34.1 Å². The first-order valence-corrected chi connectivity index (χ1v) is 10.6. The summed E-state index contributed by atoms with van der Waals surface area (Å²) in [6, 6.07) is 5.53. The van der Waals surface area contributed by atoms with E-state index in [0.29, 0.717) is 15.8 Å². The monoisotopic (exact) mass is 381 g/mol. The zero-order valence-corrected chi connectivity index (χ0v) is 15.3. The molecule has 7 nitrogen and oxygen atoms in total. The van der Waals surface area contributed by atoms with Crippen LogP contribution in [0.5, 0.6) is 0 Å². The fraction of sp³-hybridized carbons (Fsp3) is 0.286. The van der Waals surface area contributed by atoms with E-state index in [4.69, 9.17) is 0 Å². The molecule has 0 amide bonds. The van der Waals surface area contributed by atoms with Crippen LogP contribution in [0.2, 0.25) is 0 Å². The van der Waals surface area contributed by atoms with Crippen molar-refractivity contribution in [2.75, 3.05) is 11.9 Å². The SMILES string of the molecule is CCCNc1nnc(S(=O)(=O)Cc2csc(-c3ccccn3)n2)s1. The van der Waals surface area contributed by atoms with Gasteiger partial charge in [0.1, 0.15) is 10.8 Å². The maximum Gasteiger partial charge on any atom is 0.234 e. The second-order valence-corrected chi connectivity index (χ2v) is 8.92. The maximum atomic E-state index is 12.5. The molecule has 0 bridgehead atoms. The lowest BCUT2D eigenvalue weighted by Crippen LogP contribution is -2.05. The summed E-state index contributed by atoms with van der Waals surface area (Å²) in [6.45, 7) is 2.75. The van der Waals surface area contributed by atoms with Gasteiger partial charge in [-0.15, -0.1) is 21.5 Å². The largest absolute Gasteiger partial charge is 0.360 e. The molecule has 3 aromatic rings. The highest BCUT2D eigenvalue weighted by Gasteiger charge is 2.22. The van der Waals surface area contributed by atoms with Gasteiger partial charge in [0, 0.05) is 18.1 Å². The van der Waals surface area contributed by atoms with Crippen molar-refractivity contribution in [3.8, 4) is 10.7 Å². The number of hydrogen-bond acceptors (Lipinski definition) is 9. The summed E-state index contributed by atoms with van der Waals surface area (Å²) < 4.78 is 24.9. The van der Waals surface area contributed by atoms with Gasteiger partial charge in [-0.25, -0.2) is 13.4 Å². The number of thiazole rings is 1. The minimum absolute atomic E-state index is 0.00786. The van der Waals surface area contributed by atoms with Crippen LogP contribution in [0.4, 0.5) is 5.13 Å². The topological polar surface area (TPSA) is 97.7 Å². The Morgan fingerprint density at radius 3 is 2.88 bits per heavy atom. The number of anilines is 1. The lowest BCUT2D eigenvalue weighted by Gasteiger charge is -1.97. The van der Waals surface area contributed by atoms with Gasteiger partial charge in [-0.3, -0.25) is 4.98 Å². The summed E-state index contributed by atoms with van der Waals surface area (Å²) in [5.41, 5.74) is 1.21. The molecule has 0 aliphatic heterocycles. The minimum atomic E-state index is -3.56. The molecule has 24 heavy (non-hydrogen) atoms. The van der Waals surface area contributed by atoms with Gasteiger partial charge in [0.15, 0.2) is 0 Å². The summed E-state index contributed by atoms with van der Waals surface area (Å²) in [5.74, 6) is -0.196. The van der Waals surface area contributed by atoms with Crippen LogP contribution >= 0.6 is 22.7 Å². The van der Waals surface area contributed by atoms with E-state index in [2.05, 4.69) is 25.5 Å². The Balaban J connectivity index is 1.75. The van der Waals surface area contributed by atoms with Crippen molar-refractivity contribution in [1.29, 1.82) is 0 Å². The normalized spacial score (nSPS) is 11.5. The molecule has 126 valence electrons. The van der Waals surface area contributed by atoms with E-state index in [-0.39, 0.29) is 10.1 Å². The van der Waals surface area contributed by atoms with Gasteiger partial charge in [0.25, 0.3) is 0 Å². The molecule has 10 heteroatoms. The molecule has 0 saturated heterocycles. The lowest BCUT2D eigenvalue weighted by atomic mass is 10.4. The Morgan fingerprint density at radius 2 is 2.12 bits per heavy atom. The highest BCUT2D eigenvalue weighted by atomic mass is 32.2. The molecule has 3 aromatic heterocycles. The average molecular weight is 382 g/mol. The van der Waals surface area contributed by atoms with Gasteiger partial charge < -0.3 is 5.32 Å². The molecule has 0 atom stereocenters. The van der Waals surface area contributed by atoms with Crippen molar-refractivity contribution < 1.29 is 8.42 Å². The van der Waals surface area contributed by atoms with Gasteiger partial charge >= 0.3 is 0 Å². The quantitative estimate of drug-likeness (QED) is 0.672. The average Bonchev–Trinajstić information content (AvgIpc) is 3.23. The van der Waals surface area contributed by atoms with Crippen molar-refractivity contribution in [3.05, 3.63) is 35.5 Å². The molecule has 0 fully saturated rings. The second kappa shape index (κ2) is 7.32. The second-order valence-electron chi connectivity index (χ2n) is 4.92. The molecular weight excluding hydrogens is 366 g/mol. The number of aromatic nitrogens is 4. The summed E-state index contributed by atoms with van der Waals surface area (Å²) in [7, 11) is -3.56. The van der Waals surface area contributed by atoms with Crippen molar-refractivity contribution >= 4 is 37.6 Å². The van der Waals surface area contributed by atoms with E-state index in [0.717, 1.165) is 30.0 Å². The summed E-state index contributed by atoms with van der Waals surface area (Å²) in [5, 5.41) is 13.6. The Bertz CT molecular complexity index is 905. The number of nitrogens with one attached hydrogen (secondary N) is 1. The molecule has 0 saturated carbocycles. The highest BCUT2D eigenvalue weighted by molar-refractivity contribution is 7.92. The zero-order chi connectivity index (χ0) is 17.0. The van der Waals surface area contributed by atoms with Gasteiger partial charge in [-0.2, -0.15) is 0 Å². The smallest absolute Gasteiger partial charge is 0.234 e. The number of nitrogens with zero attached hydrogens (tertiary/aromatic N) is 4. The third-order valence-corrected chi connectivity index (χ3v) is 6.86. The fourth-order valence-electron chi connectivity index (χ4n) is 1.88. The van der Waals surface area contributed by atoms with Crippen molar-refractivity contribution in [3.63, 3.8) is 0 Å². The Labute approximate surface area is 147 Å². The lowest BCUT2D eigenvalue weighted by molar-refractivity contribution is 0.593. The van der Waals surface area contributed by atoms with Crippen LogP contribution in [0.1, 0.15) is 19.0 Å². The van der Waals surface area contributed by atoms with E-state index in [1.807, 2.05) is 25.1 Å². The van der Waals surface area contributed by atoms with Crippen molar-refractivity contribution in [2.24, 2.45) is 0 Å². The fourth-order valence-corrected chi connectivity index (χ4v) is 5.03. The first-order valence-electron chi connectivity index (χ1n) is 7.24. The van der Waals surface area contributed by atoms with Crippen LogP contribution in [0.3, 0.4) is 0 Å². The molecular formula is C14H15N5O2S3. The van der Waals surface area contributed by atoms with E-state index >= 15 is 0 Å². The Morgan fingerprint density at radius 1 is 1.25 bits per heavy atom. The first-order chi connectivity index (χ1) is 11.6. The molecule has 0 aliphatic carbocycles. The predicted octanol–water partition coefficient (Wildman–Crippen LogP) is 2.85. The summed E-state index contributed by atoms with van der Waals surface area (Å²) in [6.07, 6.45) is 2.61. The molecule has 0 spiro atoms. The standard InChI is InChI=1S/C14H15N5O2S3/c1-2-6-16-13-18-19-14(23-13)24(20,21)9-10-8-22-12(17-10)11-5-3-4-7-15-11/h3-5,7-8H,2,6,9H2,1H3,(H,16,18). The zero-order valence-electron chi connectivity index (χ0n) is 12.8. The predicted molar refractivity (Wildman–Crippen MR) is 94.9 cm³/mol. The molecule has 1 N–H and O–H groups in total. The third kappa shape index (κ3) is 3.94. The molecule has 3 rings (SSSR count). The van der Waals surface area contributed by atoms with Crippen LogP contribution in [0.25, 0.3) is 10.7 Å². The first kappa shape index (κ1) is 16.9. The van der Waals surface area contributed by atoms with Crippen LogP contribution in [-0.4, -0.2) is 35.1 Å². The van der Waals surface area contributed by atoms with Crippen molar-refractivity contribution in [2.45, 2.75) is 23.4 Å². The Hall–Kier alpha value is -1.91. The van der Waals surface area contributed by atoms with Crippen LogP contribution in [0, 0.1) is 0 Å². The van der Waals surface area contributed by atoms with Crippen LogP contribution < -0.4 is 5.32 Å². The number of sulfone groups is 1. The maximum absolute atomic E-state index is 12.5. The van der Waals surface area contributed by atoms with Gasteiger partial charge in [-0.05, 0) is 18.6 Å². The van der Waals surface area contributed by atoms with Crippen LogP contribution in [-0.2, 0) is 15.6 Å². The number of rotatable bonds is 7. The molecule has 0 unspecified atom stereocenters. The van der Waals surface area contributed by atoms with Crippen molar-refractivity contribution in [1.82, 2.24) is 20.2 Å². The van der Waals surface area contributed by atoms with E-state index in [1.54, 1.807) is 11.6 Å². The highest BCUT2D eigenvalue weighted by Crippen LogP contribution is 2.26. The van der Waals surface area contributed by atoms with E-state index in [9.17, 15) is 8.42 Å².